The summed E-state index contributed by atoms with van der Waals surface area (Å²) in [4.78, 5) is 8.53. The Morgan fingerprint density at radius 2 is 2.31 bits per heavy atom. The molecule has 3 nitrogen and oxygen atoms in total. The van der Waals surface area contributed by atoms with E-state index in [0.29, 0.717) is 0 Å². The van der Waals surface area contributed by atoms with Crippen molar-refractivity contribution >= 4 is 11.3 Å². The molecule has 4 heteroatoms. The smallest absolute Gasteiger partial charge is 0.194 e. The van der Waals surface area contributed by atoms with Crippen molar-refractivity contribution in [2.45, 2.75) is 19.8 Å². The van der Waals surface area contributed by atoms with Crippen molar-refractivity contribution in [2.24, 2.45) is 0 Å². The molecule has 0 N–H and O–H groups in total. The van der Waals surface area contributed by atoms with Gasteiger partial charge in [-0.05, 0) is 6.42 Å². The molecular weight excluding hydrogens is 182 g/mol. The SMILES string of the molecule is CCCc1nccn1-c1nccs1. The Labute approximate surface area is 81.1 Å². The fraction of sp³-hybridized carbons (Fsp3) is 0.333. The molecule has 0 saturated heterocycles. The highest BCUT2D eigenvalue weighted by atomic mass is 32.1. The van der Waals surface area contributed by atoms with Gasteiger partial charge in [-0.15, -0.1) is 11.3 Å². The molecule has 0 unspecified atom stereocenters. The highest BCUT2D eigenvalue weighted by Gasteiger charge is 2.04. The molecule has 68 valence electrons. The summed E-state index contributed by atoms with van der Waals surface area (Å²) in [7, 11) is 0. The van der Waals surface area contributed by atoms with Gasteiger partial charge in [-0.1, -0.05) is 6.92 Å². The summed E-state index contributed by atoms with van der Waals surface area (Å²) >= 11 is 1.63. The molecule has 0 saturated carbocycles. The molecule has 0 amide bonds. The predicted molar refractivity (Wildman–Crippen MR) is 53.2 cm³/mol. The van der Waals surface area contributed by atoms with E-state index in [1.165, 1.54) is 0 Å². The predicted octanol–water partition coefficient (Wildman–Crippen LogP) is 2.28. The molecule has 0 spiro atoms. The van der Waals surface area contributed by atoms with Crippen LogP contribution < -0.4 is 0 Å². The zero-order chi connectivity index (χ0) is 9.10. The van der Waals surface area contributed by atoms with Crippen molar-refractivity contribution in [1.29, 1.82) is 0 Å². The van der Waals surface area contributed by atoms with E-state index < -0.39 is 0 Å². The minimum Gasteiger partial charge on any atom is -0.279 e. The van der Waals surface area contributed by atoms with Gasteiger partial charge in [-0.25, -0.2) is 9.97 Å². The van der Waals surface area contributed by atoms with Crippen LogP contribution in [0.2, 0.25) is 0 Å². The van der Waals surface area contributed by atoms with E-state index in [1.807, 2.05) is 28.5 Å². The number of aryl methyl sites for hydroxylation is 1. The third-order valence-corrected chi connectivity index (χ3v) is 2.59. The highest BCUT2D eigenvalue weighted by Crippen LogP contribution is 2.13. The Balaban J connectivity index is 2.35. The van der Waals surface area contributed by atoms with E-state index in [0.717, 1.165) is 23.8 Å². The Kier molecular flexibility index (Phi) is 2.40. The van der Waals surface area contributed by atoms with Gasteiger partial charge < -0.3 is 0 Å². The van der Waals surface area contributed by atoms with Crippen LogP contribution in [0, 0.1) is 0 Å². The summed E-state index contributed by atoms with van der Waals surface area (Å²) in [5.41, 5.74) is 0. The first-order valence-corrected chi connectivity index (χ1v) is 5.22. The van der Waals surface area contributed by atoms with Gasteiger partial charge in [0.15, 0.2) is 5.13 Å². The van der Waals surface area contributed by atoms with Crippen LogP contribution in [0.15, 0.2) is 24.0 Å². The number of hydrogen-bond acceptors (Lipinski definition) is 3. The van der Waals surface area contributed by atoms with Gasteiger partial charge in [-0.2, -0.15) is 0 Å². The molecule has 13 heavy (non-hydrogen) atoms. The maximum Gasteiger partial charge on any atom is 0.194 e. The lowest BCUT2D eigenvalue weighted by Crippen LogP contribution is -1.99. The van der Waals surface area contributed by atoms with E-state index in [-0.39, 0.29) is 0 Å². The Hall–Kier alpha value is -1.16. The van der Waals surface area contributed by atoms with Crippen LogP contribution in [-0.4, -0.2) is 14.5 Å². The minimum absolute atomic E-state index is 1.00. The van der Waals surface area contributed by atoms with Crippen molar-refractivity contribution in [3.63, 3.8) is 0 Å². The van der Waals surface area contributed by atoms with Crippen molar-refractivity contribution in [2.75, 3.05) is 0 Å². The second-order valence-corrected chi connectivity index (χ2v) is 3.65. The monoisotopic (exact) mass is 193 g/mol. The lowest BCUT2D eigenvalue weighted by Gasteiger charge is -2.01. The first-order chi connectivity index (χ1) is 6.42. The van der Waals surface area contributed by atoms with Crippen LogP contribution >= 0.6 is 11.3 Å². The first-order valence-electron chi connectivity index (χ1n) is 4.34. The molecule has 0 aliphatic heterocycles. The van der Waals surface area contributed by atoms with Crippen LogP contribution in [0.1, 0.15) is 19.2 Å². The van der Waals surface area contributed by atoms with Crippen molar-refractivity contribution in [3.8, 4) is 5.13 Å². The number of thiazole rings is 1. The summed E-state index contributed by atoms with van der Waals surface area (Å²) in [6.45, 7) is 2.15. The third-order valence-electron chi connectivity index (χ3n) is 1.82. The van der Waals surface area contributed by atoms with Crippen LogP contribution in [0.5, 0.6) is 0 Å². The van der Waals surface area contributed by atoms with Gasteiger partial charge in [-0.3, -0.25) is 4.57 Å². The van der Waals surface area contributed by atoms with E-state index in [1.54, 1.807) is 11.3 Å². The normalized spacial score (nSPS) is 10.5. The maximum atomic E-state index is 4.29. The molecule has 2 heterocycles. The highest BCUT2D eigenvalue weighted by molar-refractivity contribution is 7.12. The van der Waals surface area contributed by atoms with Crippen molar-refractivity contribution < 1.29 is 0 Å². The topological polar surface area (TPSA) is 30.7 Å². The molecule has 0 aliphatic rings. The van der Waals surface area contributed by atoms with E-state index in [9.17, 15) is 0 Å². The van der Waals surface area contributed by atoms with Gasteiger partial charge in [0.1, 0.15) is 5.82 Å². The fourth-order valence-electron chi connectivity index (χ4n) is 1.25. The lowest BCUT2D eigenvalue weighted by molar-refractivity contribution is 0.806. The largest absolute Gasteiger partial charge is 0.279 e. The number of nitrogens with zero attached hydrogens (tertiary/aromatic N) is 3. The van der Waals surface area contributed by atoms with Gasteiger partial charge in [0.25, 0.3) is 0 Å². The molecule has 0 fully saturated rings. The average Bonchev–Trinajstić information content (AvgIpc) is 2.71. The van der Waals surface area contributed by atoms with Gasteiger partial charge in [0.2, 0.25) is 0 Å². The molecule has 0 radical (unpaired) electrons. The van der Waals surface area contributed by atoms with E-state index >= 15 is 0 Å². The Bertz CT molecular complexity index is 364. The molecule has 2 aromatic heterocycles. The summed E-state index contributed by atoms with van der Waals surface area (Å²) in [6.07, 6.45) is 7.72. The zero-order valence-corrected chi connectivity index (χ0v) is 8.29. The lowest BCUT2D eigenvalue weighted by atomic mass is 10.3. The first kappa shape index (κ1) is 8.44. The molecule has 2 aromatic rings. The number of hydrogen-bond donors (Lipinski definition) is 0. The number of imidazole rings is 1. The van der Waals surface area contributed by atoms with Crippen LogP contribution in [0.3, 0.4) is 0 Å². The van der Waals surface area contributed by atoms with Gasteiger partial charge in [0, 0.05) is 30.4 Å². The van der Waals surface area contributed by atoms with E-state index in [4.69, 9.17) is 0 Å². The zero-order valence-electron chi connectivity index (χ0n) is 7.47. The number of aromatic nitrogens is 3. The Morgan fingerprint density at radius 3 is 3.00 bits per heavy atom. The maximum absolute atomic E-state index is 4.29. The molecule has 2 rings (SSSR count). The second-order valence-electron chi connectivity index (χ2n) is 2.78. The summed E-state index contributed by atoms with van der Waals surface area (Å²) in [5.74, 6) is 1.09. The summed E-state index contributed by atoms with van der Waals surface area (Å²) in [6, 6.07) is 0. The van der Waals surface area contributed by atoms with Gasteiger partial charge in [0.05, 0.1) is 0 Å². The van der Waals surface area contributed by atoms with Crippen molar-refractivity contribution in [3.05, 3.63) is 29.8 Å². The van der Waals surface area contributed by atoms with Crippen LogP contribution in [-0.2, 0) is 6.42 Å². The quantitative estimate of drug-likeness (QED) is 0.748. The van der Waals surface area contributed by atoms with Gasteiger partial charge >= 0.3 is 0 Å². The summed E-state index contributed by atoms with van der Waals surface area (Å²) in [5, 5.41) is 2.98. The molecule has 0 bridgehead atoms. The van der Waals surface area contributed by atoms with Crippen molar-refractivity contribution in [1.82, 2.24) is 14.5 Å². The minimum atomic E-state index is 1.00. The average molecular weight is 193 g/mol. The molecular formula is C9H11N3S. The third kappa shape index (κ3) is 1.62. The molecule has 0 aliphatic carbocycles. The second kappa shape index (κ2) is 3.70. The summed E-state index contributed by atoms with van der Waals surface area (Å²) < 4.78 is 2.05. The van der Waals surface area contributed by atoms with E-state index in [2.05, 4.69) is 16.9 Å². The van der Waals surface area contributed by atoms with Crippen LogP contribution in [0.4, 0.5) is 0 Å². The molecule has 0 atom stereocenters. The number of rotatable bonds is 3. The Morgan fingerprint density at radius 1 is 1.38 bits per heavy atom. The fourth-order valence-corrected chi connectivity index (χ4v) is 1.90. The molecule has 0 aromatic carbocycles. The van der Waals surface area contributed by atoms with Crippen LogP contribution in [0.25, 0.3) is 5.13 Å². The standard InChI is InChI=1S/C9H11N3S/c1-2-3-8-10-4-6-12(8)9-11-5-7-13-9/h4-7H,2-3H2,1H3.